The smallest absolute Gasteiger partial charge is 0.317 e. The van der Waals surface area contributed by atoms with Crippen LogP contribution in [-0.2, 0) is 9.53 Å². The quantitative estimate of drug-likeness (QED) is 0.601. The average Bonchev–Trinajstić information content (AvgIpc) is 3.23. The zero-order valence-corrected chi connectivity index (χ0v) is 16.9. The molecule has 7 nitrogen and oxygen atoms in total. The first kappa shape index (κ1) is 17.9. The number of fused-ring (bicyclic) bond motifs is 6. The standard InChI is InChI=1S/C21H18N2O5S/c1-11-8-9-12(27-11)10-15-18(24)23-17-13-6-4-5-7-14(13)28-21(2,22-20(23)29-15)16(17)19(25)26-3/h4-10,16-17H,1-3H3/t16-,17+,21+/m0/s1. The number of benzene rings is 1. The van der Waals surface area contributed by atoms with E-state index in [4.69, 9.17) is 13.9 Å². The third-order valence-electron chi connectivity index (χ3n) is 5.37. The van der Waals surface area contributed by atoms with E-state index in [1.807, 2.05) is 43.3 Å². The molecule has 0 spiro atoms. The number of ether oxygens (including phenoxy) is 2. The Morgan fingerprint density at radius 1 is 1.31 bits per heavy atom. The number of thiazole rings is 1. The summed E-state index contributed by atoms with van der Waals surface area (Å²) < 4.78 is 18.9. The van der Waals surface area contributed by atoms with Gasteiger partial charge < -0.3 is 13.9 Å². The number of para-hydroxylation sites is 1. The maximum atomic E-state index is 13.3. The molecule has 0 saturated heterocycles. The lowest BCUT2D eigenvalue weighted by molar-refractivity contribution is -0.158. The summed E-state index contributed by atoms with van der Waals surface area (Å²) in [6, 6.07) is 10.5. The second-order valence-corrected chi connectivity index (χ2v) is 8.28. The van der Waals surface area contributed by atoms with Gasteiger partial charge in [0.15, 0.2) is 4.80 Å². The van der Waals surface area contributed by atoms with E-state index >= 15 is 0 Å². The Balaban J connectivity index is 1.81. The van der Waals surface area contributed by atoms with Gasteiger partial charge in [0.05, 0.1) is 17.7 Å². The van der Waals surface area contributed by atoms with E-state index in [2.05, 4.69) is 4.99 Å². The van der Waals surface area contributed by atoms with Crippen molar-refractivity contribution in [3.8, 4) is 5.75 Å². The monoisotopic (exact) mass is 410 g/mol. The van der Waals surface area contributed by atoms with E-state index in [9.17, 15) is 9.59 Å². The molecule has 29 heavy (non-hydrogen) atoms. The van der Waals surface area contributed by atoms with Gasteiger partial charge in [-0.2, -0.15) is 0 Å². The molecular formula is C21H18N2O5S. The molecule has 2 aliphatic rings. The molecule has 0 fully saturated rings. The second kappa shape index (κ2) is 6.18. The van der Waals surface area contributed by atoms with Gasteiger partial charge in [0.1, 0.15) is 23.2 Å². The minimum atomic E-state index is -1.16. The molecule has 2 aliphatic heterocycles. The van der Waals surface area contributed by atoms with E-state index in [0.717, 1.165) is 11.3 Å². The Labute approximate surface area is 169 Å². The fourth-order valence-electron chi connectivity index (χ4n) is 4.09. The molecule has 0 aliphatic carbocycles. The van der Waals surface area contributed by atoms with Gasteiger partial charge in [0.2, 0.25) is 5.72 Å². The van der Waals surface area contributed by atoms with Gasteiger partial charge in [-0.15, -0.1) is 0 Å². The molecule has 5 rings (SSSR count). The van der Waals surface area contributed by atoms with E-state index in [-0.39, 0.29) is 5.56 Å². The first-order valence-electron chi connectivity index (χ1n) is 9.16. The maximum absolute atomic E-state index is 13.3. The topological polar surface area (TPSA) is 83.0 Å². The predicted molar refractivity (Wildman–Crippen MR) is 105 cm³/mol. The lowest BCUT2D eigenvalue weighted by Gasteiger charge is -2.44. The first-order valence-corrected chi connectivity index (χ1v) is 9.98. The van der Waals surface area contributed by atoms with Gasteiger partial charge >= 0.3 is 5.97 Å². The number of nitrogens with zero attached hydrogens (tertiary/aromatic N) is 2. The molecule has 4 heterocycles. The number of hydrogen-bond donors (Lipinski definition) is 0. The summed E-state index contributed by atoms with van der Waals surface area (Å²) in [5.41, 5.74) is -0.626. The van der Waals surface area contributed by atoms with Gasteiger partial charge in [-0.25, -0.2) is 4.99 Å². The summed E-state index contributed by atoms with van der Waals surface area (Å²) in [4.78, 5) is 31.3. The molecule has 3 aromatic rings. The number of rotatable bonds is 2. The number of esters is 1. The normalized spacial score (nSPS) is 24.9. The van der Waals surface area contributed by atoms with Crippen LogP contribution >= 0.6 is 11.3 Å². The zero-order valence-electron chi connectivity index (χ0n) is 16.0. The van der Waals surface area contributed by atoms with Crippen LogP contribution in [0.5, 0.6) is 5.75 Å². The third-order valence-corrected chi connectivity index (χ3v) is 6.35. The van der Waals surface area contributed by atoms with Crippen molar-refractivity contribution in [1.82, 2.24) is 4.57 Å². The van der Waals surface area contributed by atoms with E-state index in [1.54, 1.807) is 17.6 Å². The second-order valence-electron chi connectivity index (χ2n) is 7.27. The lowest BCUT2D eigenvalue weighted by atomic mass is 9.81. The lowest BCUT2D eigenvalue weighted by Crippen LogP contribution is -2.58. The van der Waals surface area contributed by atoms with Gasteiger partial charge in [-0.05, 0) is 32.0 Å². The number of aryl methyl sites for hydroxylation is 1. The molecule has 1 aromatic carbocycles. The van der Waals surface area contributed by atoms with E-state index in [0.29, 0.717) is 20.8 Å². The van der Waals surface area contributed by atoms with Crippen molar-refractivity contribution in [1.29, 1.82) is 0 Å². The van der Waals surface area contributed by atoms with Crippen LogP contribution in [0.1, 0.15) is 30.0 Å². The largest absolute Gasteiger partial charge is 0.469 e. The maximum Gasteiger partial charge on any atom is 0.317 e. The van der Waals surface area contributed by atoms with Crippen LogP contribution in [0.25, 0.3) is 6.08 Å². The Kier molecular flexibility index (Phi) is 3.82. The summed E-state index contributed by atoms with van der Waals surface area (Å²) in [5, 5.41) is 0. The van der Waals surface area contributed by atoms with Crippen molar-refractivity contribution >= 4 is 23.4 Å². The number of methoxy groups -OCH3 is 1. The van der Waals surface area contributed by atoms with Crippen LogP contribution in [0.3, 0.4) is 0 Å². The van der Waals surface area contributed by atoms with Crippen LogP contribution in [0.4, 0.5) is 0 Å². The molecule has 3 atom stereocenters. The predicted octanol–water partition coefficient (Wildman–Crippen LogP) is 1.76. The van der Waals surface area contributed by atoms with Crippen molar-refractivity contribution < 1.29 is 18.7 Å². The molecule has 2 bridgehead atoms. The molecule has 8 heteroatoms. The highest BCUT2D eigenvalue weighted by molar-refractivity contribution is 7.07. The molecule has 148 valence electrons. The summed E-state index contributed by atoms with van der Waals surface area (Å²) in [6.45, 7) is 3.60. The number of furan rings is 1. The summed E-state index contributed by atoms with van der Waals surface area (Å²) in [6.07, 6.45) is 1.70. The fourth-order valence-corrected chi connectivity index (χ4v) is 5.17. The molecule has 2 aromatic heterocycles. The number of aromatic nitrogens is 1. The van der Waals surface area contributed by atoms with Crippen molar-refractivity contribution in [3.05, 3.63) is 73.2 Å². The van der Waals surface area contributed by atoms with E-state index < -0.39 is 23.7 Å². The van der Waals surface area contributed by atoms with Gasteiger partial charge in [-0.3, -0.25) is 14.2 Å². The van der Waals surface area contributed by atoms with E-state index in [1.165, 1.54) is 18.4 Å². The highest BCUT2D eigenvalue weighted by atomic mass is 32.1. The summed E-state index contributed by atoms with van der Waals surface area (Å²) in [5.74, 6) is 0.723. The number of carbonyl (C=O) groups excluding carboxylic acids is 1. The van der Waals surface area contributed by atoms with Crippen molar-refractivity contribution in [3.63, 3.8) is 0 Å². The van der Waals surface area contributed by atoms with Crippen LogP contribution in [0.2, 0.25) is 0 Å². The molecule has 0 radical (unpaired) electrons. The average molecular weight is 410 g/mol. The zero-order chi connectivity index (χ0) is 20.3. The third kappa shape index (κ3) is 2.59. The SMILES string of the molecule is COC(=O)[C@@H]1[C@H]2c3ccccc3O[C@@]1(C)N=c1sc(=Cc3ccc(C)o3)c(=O)n12. The van der Waals surface area contributed by atoms with Crippen molar-refractivity contribution in [2.75, 3.05) is 7.11 Å². The number of carbonyl (C=O) groups is 1. The molecule has 0 saturated carbocycles. The minimum Gasteiger partial charge on any atom is -0.469 e. The first-order chi connectivity index (χ1) is 13.9. The molecule has 0 amide bonds. The van der Waals surface area contributed by atoms with Gasteiger partial charge in [-0.1, -0.05) is 29.5 Å². The molecule has 0 N–H and O–H groups in total. The Bertz CT molecular complexity index is 1320. The van der Waals surface area contributed by atoms with Crippen LogP contribution in [0.15, 0.2) is 50.6 Å². The fraction of sp³-hybridized carbons (Fsp3) is 0.286. The van der Waals surface area contributed by atoms with Crippen LogP contribution in [-0.4, -0.2) is 23.4 Å². The highest BCUT2D eigenvalue weighted by Gasteiger charge is 2.55. The van der Waals surface area contributed by atoms with Crippen LogP contribution < -0.4 is 19.6 Å². The number of hydrogen-bond acceptors (Lipinski definition) is 7. The Morgan fingerprint density at radius 3 is 2.83 bits per heavy atom. The van der Waals surface area contributed by atoms with Crippen molar-refractivity contribution in [2.24, 2.45) is 10.9 Å². The Hall–Kier alpha value is -3.13. The molecular weight excluding hydrogens is 392 g/mol. The summed E-state index contributed by atoms with van der Waals surface area (Å²) >= 11 is 1.25. The van der Waals surface area contributed by atoms with Gasteiger partial charge in [0.25, 0.3) is 5.56 Å². The van der Waals surface area contributed by atoms with Crippen LogP contribution in [0, 0.1) is 12.8 Å². The minimum absolute atomic E-state index is 0.222. The Morgan fingerprint density at radius 2 is 2.10 bits per heavy atom. The summed E-state index contributed by atoms with van der Waals surface area (Å²) in [7, 11) is 1.33. The highest BCUT2D eigenvalue weighted by Crippen LogP contribution is 2.47. The van der Waals surface area contributed by atoms with Gasteiger partial charge in [0, 0.05) is 11.6 Å². The van der Waals surface area contributed by atoms with Crippen molar-refractivity contribution in [2.45, 2.75) is 25.6 Å². The molecule has 0 unspecified atom stereocenters.